The van der Waals surface area contributed by atoms with Gasteiger partial charge in [0.15, 0.2) is 0 Å². The first-order valence-electron chi connectivity index (χ1n) is 9.39. The van der Waals surface area contributed by atoms with Crippen molar-refractivity contribution in [3.8, 4) is 5.69 Å². The lowest BCUT2D eigenvalue weighted by Gasteiger charge is -2.30. The molecular formula is C21H14F4N4O4. The Kier molecular flexibility index (Phi) is 4.95. The summed E-state index contributed by atoms with van der Waals surface area (Å²) in [6.07, 6.45) is -5.54. The highest BCUT2D eigenvalue weighted by Crippen LogP contribution is 2.45. The van der Waals surface area contributed by atoms with Gasteiger partial charge in [0.2, 0.25) is 0 Å². The average Bonchev–Trinajstić information content (AvgIpc) is 3.02. The van der Waals surface area contributed by atoms with Gasteiger partial charge in [-0.3, -0.25) is 19.4 Å². The Morgan fingerprint density at radius 3 is 2.27 bits per heavy atom. The maximum absolute atomic E-state index is 14.4. The molecule has 0 saturated carbocycles. The van der Waals surface area contributed by atoms with E-state index in [1.807, 2.05) is 5.32 Å². The summed E-state index contributed by atoms with van der Waals surface area (Å²) in [5.41, 5.74) is -7.72. The second-order valence-corrected chi connectivity index (χ2v) is 7.29. The standard InChI is InChI=1S/C21H14F4N4O4/c1-10-6-8-11(9-7-10)29-15-14(17(31)27-19(29)33)20(18(32)26-15,21(23,24)25)28-16(30)12-4-2-3-5-13(12)22/h2-9H,1H3,(H,26,32)(H,28,30)(H,27,31,33)/t20-/m0/s1. The van der Waals surface area contributed by atoms with Gasteiger partial charge in [-0.15, -0.1) is 0 Å². The SMILES string of the molecule is Cc1ccc(-n2c3c(c(=O)[nH]c2=O)[C@@](NC(=O)c2ccccc2F)(C(F)(F)F)C(=O)N3)cc1. The maximum Gasteiger partial charge on any atom is 0.425 e. The van der Waals surface area contributed by atoms with E-state index >= 15 is 0 Å². The predicted octanol–water partition coefficient (Wildman–Crippen LogP) is 2.11. The lowest BCUT2D eigenvalue weighted by Crippen LogP contribution is -2.62. The summed E-state index contributed by atoms with van der Waals surface area (Å²) in [5.74, 6) is -5.30. The molecule has 33 heavy (non-hydrogen) atoms. The monoisotopic (exact) mass is 462 g/mol. The lowest BCUT2D eigenvalue weighted by molar-refractivity contribution is -0.196. The van der Waals surface area contributed by atoms with Gasteiger partial charge < -0.3 is 10.6 Å². The minimum atomic E-state index is -5.54. The molecule has 1 atom stereocenters. The second-order valence-electron chi connectivity index (χ2n) is 7.29. The molecule has 0 spiro atoms. The smallest absolute Gasteiger partial charge is 0.326 e. The third-order valence-corrected chi connectivity index (χ3v) is 5.20. The number of fused-ring (bicyclic) bond motifs is 1. The molecule has 0 aliphatic carbocycles. The van der Waals surface area contributed by atoms with Crippen LogP contribution < -0.4 is 21.9 Å². The first kappa shape index (κ1) is 22.0. The number of alkyl halides is 3. The van der Waals surface area contributed by atoms with Crippen molar-refractivity contribution in [2.24, 2.45) is 0 Å². The predicted molar refractivity (Wildman–Crippen MR) is 108 cm³/mol. The number of carbonyl (C=O) groups excluding carboxylic acids is 2. The van der Waals surface area contributed by atoms with Gasteiger partial charge in [-0.25, -0.2) is 13.8 Å². The van der Waals surface area contributed by atoms with Crippen LogP contribution in [0.1, 0.15) is 21.5 Å². The number of nitrogens with zero attached hydrogens (tertiary/aromatic N) is 1. The molecule has 2 aromatic carbocycles. The van der Waals surface area contributed by atoms with Gasteiger partial charge in [0.25, 0.3) is 22.9 Å². The Bertz CT molecular complexity index is 1410. The van der Waals surface area contributed by atoms with Gasteiger partial charge in [-0.1, -0.05) is 29.8 Å². The molecule has 1 aliphatic rings. The summed E-state index contributed by atoms with van der Waals surface area (Å²) < 4.78 is 57.8. The van der Waals surface area contributed by atoms with Crippen molar-refractivity contribution in [1.29, 1.82) is 0 Å². The summed E-state index contributed by atoms with van der Waals surface area (Å²) in [6.45, 7) is 1.73. The zero-order chi connectivity index (χ0) is 24.1. The van der Waals surface area contributed by atoms with Crippen molar-refractivity contribution >= 4 is 17.6 Å². The molecule has 1 aliphatic heterocycles. The number of hydrogen-bond donors (Lipinski definition) is 3. The van der Waals surface area contributed by atoms with Gasteiger partial charge in [-0.2, -0.15) is 13.2 Å². The van der Waals surface area contributed by atoms with Gasteiger partial charge >= 0.3 is 11.9 Å². The van der Waals surface area contributed by atoms with Gasteiger partial charge in [0.05, 0.1) is 11.3 Å². The zero-order valence-corrected chi connectivity index (χ0v) is 16.7. The number of rotatable bonds is 3. The van der Waals surface area contributed by atoms with Crippen LogP contribution in [-0.2, 0) is 10.3 Å². The van der Waals surface area contributed by atoms with E-state index in [-0.39, 0.29) is 5.69 Å². The van der Waals surface area contributed by atoms with Gasteiger partial charge in [-0.05, 0) is 31.2 Å². The molecule has 8 nitrogen and oxygen atoms in total. The topological polar surface area (TPSA) is 113 Å². The van der Waals surface area contributed by atoms with Crippen LogP contribution in [0.5, 0.6) is 0 Å². The summed E-state index contributed by atoms with van der Waals surface area (Å²) in [6, 6.07) is 10.1. The van der Waals surface area contributed by atoms with E-state index in [9.17, 15) is 36.7 Å². The molecule has 3 aromatic rings. The second kappa shape index (κ2) is 7.43. The molecule has 0 radical (unpaired) electrons. The summed E-state index contributed by atoms with van der Waals surface area (Å²) >= 11 is 0. The van der Waals surface area contributed by atoms with E-state index in [0.29, 0.717) is 4.57 Å². The lowest BCUT2D eigenvalue weighted by atomic mass is 9.91. The van der Waals surface area contributed by atoms with E-state index < -0.39 is 57.5 Å². The van der Waals surface area contributed by atoms with Crippen molar-refractivity contribution in [2.45, 2.75) is 18.6 Å². The number of anilines is 1. The van der Waals surface area contributed by atoms with E-state index in [1.54, 1.807) is 24.0 Å². The van der Waals surface area contributed by atoms with Crippen LogP contribution in [0.4, 0.5) is 23.4 Å². The Morgan fingerprint density at radius 2 is 1.67 bits per heavy atom. The highest BCUT2D eigenvalue weighted by atomic mass is 19.4. The Hall–Kier alpha value is -4.22. The van der Waals surface area contributed by atoms with E-state index in [2.05, 4.69) is 0 Å². The molecule has 1 aromatic heterocycles. The van der Waals surface area contributed by atoms with Crippen LogP contribution in [-0.4, -0.2) is 27.5 Å². The molecule has 12 heteroatoms. The third kappa shape index (κ3) is 3.30. The van der Waals surface area contributed by atoms with Crippen molar-refractivity contribution < 1.29 is 27.2 Å². The number of aromatic nitrogens is 2. The highest BCUT2D eigenvalue weighted by Gasteiger charge is 2.68. The van der Waals surface area contributed by atoms with Crippen LogP contribution in [0.2, 0.25) is 0 Å². The Morgan fingerprint density at radius 1 is 1.03 bits per heavy atom. The third-order valence-electron chi connectivity index (χ3n) is 5.20. The molecule has 2 heterocycles. The Balaban J connectivity index is 1.98. The molecule has 3 N–H and O–H groups in total. The minimum absolute atomic E-state index is 0.0526. The number of halogens is 4. The molecule has 0 saturated heterocycles. The van der Waals surface area contributed by atoms with Crippen molar-refractivity contribution in [1.82, 2.24) is 14.9 Å². The van der Waals surface area contributed by atoms with E-state index in [0.717, 1.165) is 17.7 Å². The average molecular weight is 462 g/mol. The first-order chi connectivity index (χ1) is 15.5. The van der Waals surface area contributed by atoms with Crippen LogP contribution in [0.3, 0.4) is 0 Å². The fraction of sp³-hybridized carbons (Fsp3) is 0.143. The fourth-order valence-corrected chi connectivity index (χ4v) is 3.60. The molecule has 0 bridgehead atoms. The molecule has 4 rings (SSSR count). The largest absolute Gasteiger partial charge is 0.425 e. The number of amides is 2. The van der Waals surface area contributed by atoms with Crippen LogP contribution in [0.15, 0.2) is 58.1 Å². The number of H-pyrrole nitrogens is 1. The summed E-state index contributed by atoms with van der Waals surface area (Å²) in [7, 11) is 0. The fourth-order valence-electron chi connectivity index (χ4n) is 3.60. The molecule has 2 amide bonds. The molecular weight excluding hydrogens is 448 g/mol. The quantitative estimate of drug-likeness (QED) is 0.518. The van der Waals surface area contributed by atoms with Crippen LogP contribution in [0.25, 0.3) is 5.69 Å². The number of nitrogens with one attached hydrogen (secondary N) is 3. The molecule has 0 unspecified atom stereocenters. The first-order valence-corrected chi connectivity index (χ1v) is 9.39. The maximum atomic E-state index is 14.4. The molecule has 170 valence electrons. The number of benzene rings is 2. The number of hydrogen-bond acceptors (Lipinski definition) is 4. The normalized spacial score (nSPS) is 17.4. The summed E-state index contributed by atoms with van der Waals surface area (Å²) in [5, 5.41) is 3.40. The molecule has 0 fully saturated rings. The highest BCUT2D eigenvalue weighted by molar-refractivity contribution is 6.09. The van der Waals surface area contributed by atoms with Crippen LogP contribution >= 0.6 is 0 Å². The van der Waals surface area contributed by atoms with Crippen molar-refractivity contribution in [2.75, 3.05) is 5.32 Å². The van der Waals surface area contributed by atoms with E-state index in [4.69, 9.17) is 0 Å². The van der Waals surface area contributed by atoms with Crippen molar-refractivity contribution in [3.63, 3.8) is 0 Å². The van der Waals surface area contributed by atoms with Crippen LogP contribution in [0, 0.1) is 12.7 Å². The van der Waals surface area contributed by atoms with Gasteiger partial charge in [0.1, 0.15) is 17.2 Å². The Labute approximate surface area is 181 Å². The van der Waals surface area contributed by atoms with E-state index in [1.165, 1.54) is 29.6 Å². The number of aryl methyl sites for hydroxylation is 1. The zero-order valence-electron chi connectivity index (χ0n) is 16.7. The number of aromatic amines is 1. The number of carbonyl (C=O) groups is 2. The summed E-state index contributed by atoms with van der Waals surface area (Å²) in [4.78, 5) is 52.1. The minimum Gasteiger partial charge on any atom is -0.326 e. The van der Waals surface area contributed by atoms with Crippen molar-refractivity contribution in [3.05, 3.63) is 91.9 Å². The van der Waals surface area contributed by atoms with Gasteiger partial charge in [0, 0.05) is 0 Å².